The van der Waals surface area contributed by atoms with Crippen molar-refractivity contribution in [1.82, 2.24) is 0 Å². The minimum absolute atomic E-state index is 0.336. The fourth-order valence-corrected chi connectivity index (χ4v) is 1.82. The third kappa shape index (κ3) is 1.10. The molecule has 1 aliphatic rings. The molecule has 0 bridgehead atoms. The highest BCUT2D eigenvalue weighted by atomic mass is 79.9. The van der Waals surface area contributed by atoms with Crippen molar-refractivity contribution in [1.29, 1.82) is 0 Å². The van der Waals surface area contributed by atoms with Gasteiger partial charge in [0.2, 0.25) is 0 Å². The van der Waals surface area contributed by atoms with E-state index in [0.29, 0.717) is 6.10 Å². The molecule has 2 rings (SSSR count). The lowest BCUT2D eigenvalue weighted by Crippen LogP contribution is -2.18. The smallest absolute Gasteiger partial charge is 0.0864 e. The Balaban J connectivity index is 2.37. The summed E-state index contributed by atoms with van der Waals surface area (Å²) in [6.07, 6.45) is 1.40. The molecule has 11 heavy (non-hydrogen) atoms. The molecule has 0 aromatic heterocycles. The average Bonchev–Trinajstić information content (AvgIpc) is 1.97. The van der Waals surface area contributed by atoms with E-state index in [2.05, 4.69) is 34.1 Å². The maximum absolute atomic E-state index is 5.25. The van der Waals surface area contributed by atoms with Crippen LogP contribution in [0.2, 0.25) is 0 Å². The molecule has 0 saturated carbocycles. The number of ether oxygens (including phenoxy) is 1. The molecule has 1 aromatic carbocycles. The summed E-state index contributed by atoms with van der Waals surface area (Å²) >= 11 is 3.43. The summed E-state index contributed by atoms with van der Waals surface area (Å²) in [6, 6.07) is 6.35. The summed E-state index contributed by atoms with van der Waals surface area (Å²) in [5.74, 6) is 0. The molecule has 0 amide bonds. The molecule has 0 fully saturated rings. The molecule has 1 nitrogen and oxygen atoms in total. The number of hydrogen-bond donors (Lipinski definition) is 0. The van der Waals surface area contributed by atoms with Gasteiger partial charge in [-0.25, -0.2) is 0 Å². The van der Waals surface area contributed by atoms with Gasteiger partial charge in [0.15, 0.2) is 0 Å². The van der Waals surface area contributed by atoms with Crippen molar-refractivity contribution in [2.75, 3.05) is 7.11 Å². The first-order valence-corrected chi connectivity index (χ1v) is 4.41. The second-order valence-electron chi connectivity index (χ2n) is 2.77. The van der Waals surface area contributed by atoms with Gasteiger partial charge >= 0.3 is 0 Å². The zero-order valence-corrected chi connectivity index (χ0v) is 7.89. The molecule has 2 heteroatoms. The second kappa shape index (κ2) is 2.61. The van der Waals surface area contributed by atoms with Crippen LogP contribution in [0.5, 0.6) is 0 Å². The van der Waals surface area contributed by atoms with E-state index in [9.17, 15) is 0 Å². The van der Waals surface area contributed by atoms with Gasteiger partial charge in [-0.05, 0) is 23.3 Å². The summed E-state index contributed by atoms with van der Waals surface area (Å²) in [4.78, 5) is 0. The van der Waals surface area contributed by atoms with E-state index >= 15 is 0 Å². The van der Waals surface area contributed by atoms with Gasteiger partial charge in [-0.3, -0.25) is 0 Å². The molecule has 0 radical (unpaired) electrons. The van der Waals surface area contributed by atoms with Gasteiger partial charge in [-0.1, -0.05) is 22.0 Å². The molecule has 58 valence electrons. The summed E-state index contributed by atoms with van der Waals surface area (Å²) in [7, 11) is 1.76. The molecular weight excluding hydrogens is 204 g/mol. The third-order valence-electron chi connectivity index (χ3n) is 2.14. The van der Waals surface area contributed by atoms with Crippen molar-refractivity contribution in [2.45, 2.75) is 12.5 Å². The Labute approximate surface area is 74.5 Å². The van der Waals surface area contributed by atoms with Crippen LogP contribution in [0.1, 0.15) is 17.2 Å². The van der Waals surface area contributed by atoms with Crippen molar-refractivity contribution in [3.8, 4) is 0 Å². The van der Waals surface area contributed by atoms with Crippen molar-refractivity contribution in [3.05, 3.63) is 33.8 Å². The zero-order valence-electron chi connectivity index (χ0n) is 6.30. The maximum Gasteiger partial charge on any atom is 0.0864 e. The van der Waals surface area contributed by atoms with E-state index in [-0.39, 0.29) is 0 Å². The van der Waals surface area contributed by atoms with Crippen molar-refractivity contribution < 1.29 is 4.74 Å². The monoisotopic (exact) mass is 212 g/mol. The van der Waals surface area contributed by atoms with Crippen molar-refractivity contribution >= 4 is 15.9 Å². The largest absolute Gasteiger partial charge is 0.376 e. The summed E-state index contributed by atoms with van der Waals surface area (Å²) in [5, 5.41) is 0. The normalized spacial score (nSPS) is 20.7. The van der Waals surface area contributed by atoms with Gasteiger partial charge in [0.25, 0.3) is 0 Å². The van der Waals surface area contributed by atoms with E-state index in [0.717, 1.165) is 10.9 Å². The number of rotatable bonds is 1. The first kappa shape index (κ1) is 7.32. The SMILES string of the molecule is CO[C@H]1Cc2ccc(Br)cc21. The Morgan fingerprint density at radius 2 is 2.36 bits per heavy atom. The van der Waals surface area contributed by atoms with Crippen molar-refractivity contribution in [2.24, 2.45) is 0 Å². The standard InChI is InChI=1S/C9H9BrO/c1-11-9-4-6-2-3-7(10)5-8(6)9/h2-3,5,9H,4H2,1H3/t9-/m0/s1. The lowest BCUT2D eigenvalue weighted by atomic mass is 9.86. The lowest BCUT2D eigenvalue weighted by molar-refractivity contribution is 0.0844. The van der Waals surface area contributed by atoms with Crippen LogP contribution >= 0.6 is 15.9 Å². The molecule has 1 aromatic rings. The molecule has 1 atom stereocenters. The highest BCUT2D eigenvalue weighted by Crippen LogP contribution is 2.36. The topological polar surface area (TPSA) is 9.23 Å². The number of hydrogen-bond acceptors (Lipinski definition) is 1. The van der Waals surface area contributed by atoms with Crippen LogP contribution in [0.25, 0.3) is 0 Å². The van der Waals surface area contributed by atoms with Crippen LogP contribution in [-0.2, 0) is 11.2 Å². The number of benzene rings is 1. The molecular formula is C9H9BrO. The van der Waals surface area contributed by atoms with E-state index in [1.165, 1.54) is 11.1 Å². The van der Waals surface area contributed by atoms with E-state index in [4.69, 9.17) is 4.74 Å². The fourth-order valence-electron chi connectivity index (χ4n) is 1.44. The minimum Gasteiger partial charge on any atom is -0.376 e. The zero-order chi connectivity index (χ0) is 7.84. The van der Waals surface area contributed by atoms with Gasteiger partial charge in [-0.2, -0.15) is 0 Å². The van der Waals surface area contributed by atoms with Gasteiger partial charge in [0, 0.05) is 18.0 Å². The average molecular weight is 213 g/mol. The molecule has 0 N–H and O–H groups in total. The molecule has 0 spiro atoms. The summed E-state index contributed by atoms with van der Waals surface area (Å²) < 4.78 is 6.38. The lowest BCUT2D eigenvalue weighted by Gasteiger charge is -2.28. The van der Waals surface area contributed by atoms with E-state index in [1.807, 2.05) is 0 Å². The number of fused-ring (bicyclic) bond motifs is 1. The third-order valence-corrected chi connectivity index (χ3v) is 2.64. The van der Waals surface area contributed by atoms with Crippen molar-refractivity contribution in [3.63, 3.8) is 0 Å². The quantitative estimate of drug-likeness (QED) is 0.696. The Morgan fingerprint density at radius 3 is 3.09 bits per heavy atom. The number of halogens is 1. The predicted molar refractivity (Wildman–Crippen MR) is 47.6 cm³/mol. The first-order valence-electron chi connectivity index (χ1n) is 3.62. The van der Waals surface area contributed by atoms with Crippen LogP contribution in [0.15, 0.2) is 22.7 Å². The van der Waals surface area contributed by atoms with Crippen LogP contribution in [0, 0.1) is 0 Å². The van der Waals surface area contributed by atoms with Crippen LogP contribution < -0.4 is 0 Å². The second-order valence-corrected chi connectivity index (χ2v) is 3.69. The van der Waals surface area contributed by atoms with Crippen LogP contribution in [-0.4, -0.2) is 7.11 Å². The highest BCUT2D eigenvalue weighted by Gasteiger charge is 2.25. The predicted octanol–water partition coefficient (Wildman–Crippen LogP) is 2.69. The molecule has 0 saturated heterocycles. The number of methoxy groups -OCH3 is 1. The fraction of sp³-hybridized carbons (Fsp3) is 0.333. The molecule has 1 aliphatic carbocycles. The Morgan fingerprint density at radius 1 is 1.55 bits per heavy atom. The van der Waals surface area contributed by atoms with E-state index in [1.54, 1.807) is 7.11 Å². The van der Waals surface area contributed by atoms with Gasteiger partial charge < -0.3 is 4.74 Å². The maximum atomic E-state index is 5.25. The molecule has 0 aliphatic heterocycles. The first-order chi connectivity index (χ1) is 5.31. The Kier molecular flexibility index (Phi) is 1.74. The van der Waals surface area contributed by atoms with Crippen LogP contribution in [0.3, 0.4) is 0 Å². The Hall–Kier alpha value is -0.340. The van der Waals surface area contributed by atoms with Gasteiger partial charge in [0.05, 0.1) is 6.10 Å². The molecule has 0 heterocycles. The minimum atomic E-state index is 0.336. The van der Waals surface area contributed by atoms with Gasteiger partial charge in [-0.15, -0.1) is 0 Å². The Bertz CT molecular complexity index is 283. The van der Waals surface area contributed by atoms with E-state index < -0.39 is 0 Å². The molecule has 0 unspecified atom stereocenters. The summed E-state index contributed by atoms with van der Waals surface area (Å²) in [6.45, 7) is 0. The van der Waals surface area contributed by atoms with Gasteiger partial charge in [0.1, 0.15) is 0 Å². The highest BCUT2D eigenvalue weighted by molar-refractivity contribution is 9.10. The summed E-state index contributed by atoms with van der Waals surface area (Å²) in [5.41, 5.74) is 2.75. The van der Waals surface area contributed by atoms with Crippen LogP contribution in [0.4, 0.5) is 0 Å².